The fourth-order valence-electron chi connectivity index (χ4n) is 1.44. The molecule has 1 aromatic rings. The topological polar surface area (TPSA) is 86.1 Å². The van der Waals surface area contributed by atoms with Crippen LogP contribution < -0.4 is 5.32 Å². The summed E-state index contributed by atoms with van der Waals surface area (Å²) < 4.78 is 9.13. The van der Waals surface area contributed by atoms with Crippen molar-refractivity contribution in [3.05, 3.63) is 40.7 Å². The minimum atomic E-state index is -0.667. The zero-order valence-corrected chi connectivity index (χ0v) is 10.9. The molecular weight excluding hydrogens is 264 g/mol. The third-order valence-electron chi connectivity index (χ3n) is 2.34. The molecule has 0 aromatic heterocycles. The molecule has 1 rings (SSSR count). The molecule has 1 N–H and O–H groups in total. The Kier molecular flexibility index (Phi) is 5.23. The lowest BCUT2D eigenvalue weighted by Gasteiger charge is -2.09. The third-order valence-corrected chi connectivity index (χ3v) is 2.34. The molecule has 0 heterocycles. The monoisotopic (exact) mass is 276 g/mol. The Morgan fingerprint density at radius 3 is 2.40 bits per heavy atom. The smallest absolute Gasteiger partial charge is 0.339 e. The Hall–Kier alpha value is -2.88. The number of rotatable bonds is 4. The van der Waals surface area contributed by atoms with E-state index < -0.39 is 17.8 Å². The van der Waals surface area contributed by atoms with Crippen LogP contribution in [0.2, 0.25) is 0 Å². The van der Waals surface area contributed by atoms with Gasteiger partial charge in [-0.1, -0.05) is 0 Å². The number of esters is 2. The Labute approximate surface area is 115 Å². The van der Waals surface area contributed by atoms with Gasteiger partial charge >= 0.3 is 17.8 Å². The van der Waals surface area contributed by atoms with Gasteiger partial charge in [-0.2, -0.15) is 0 Å². The molecule has 0 saturated carbocycles. The number of nitrogens with one attached hydrogen (secondary N) is 1. The minimum Gasteiger partial charge on any atom is -0.465 e. The Balaban J connectivity index is 3.19. The predicted octanol–water partition coefficient (Wildman–Crippen LogP) is 1.12. The predicted molar refractivity (Wildman–Crippen MR) is 69.2 cm³/mol. The lowest BCUT2D eigenvalue weighted by Crippen LogP contribution is -2.17. The molecule has 0 saturated heterocycles. The maximum atomic E-state index is 11.6. The molecule has 0 fully saturated rings. The number of nitrogens with zero attached hydrogens (tertiary/aromatic N) is 1. The number of hydrogen-bond donors (Lipinski definition) is 1. The highest BCUT2D eigenvalue weighted by Crippen LogP contribution is 2.19. The fourth-order valence-corrected chi connectivity index (χ4v) is 1.44. The van der Waals surface area contributed by atoms with Gasteiger partial charge in [0.25, 0.3) is 6.54 Å². The molecule has 7 nitrogen and oxygen atoms in total. The number of ether oxygens (including phenoxy) is 2. The molecule has 20 heavy (non-hydrogen) atoms. The van der Waals surface area contributed by atoms with Crippen LogP contribution in [0.3, 0.4) is 0 Å². The quantitative estimate of drug-likeness (QED) is 0.657. The van der Waals surface area contributed by atoms with Crippen molar-refractivity contribution in [1.29, 1.82) is 0 Å². The molecule has 0 atom stereocenters. The van der Waals surface area contributed by atoms with Gasteiger partial charge in [-0.15, -0.1) is 0 Å². The summed E-state index contributed by atoms with van der Waals surface area (Å²) in [5.74, 6) is -1.87. The van der Waals surface area contributed by atoms with Gasteiger partial charge in [0.05, 0.1) is 31.0 Å². The van der Waals surface area contributed by atoms with E-state index in [2.05, 4.69) is 19.6 Å². The Morgan fingerprint density at radius 1 is 1.20 bits per heavy atom. The average Bonchev–Trinajstić information content (AvgIpc) is 2.45. The van der Waals surface area contributed by atoms with E-state index in [1.807, 2.05) is 0 Å². The van der Waals surface area contributed by atoms with E-state index in [1.165, 1.54) is 32.4 Å². The normalized spacial score (nSPS) is 9.25. The number of benzene rings is 1. The summed E-state index contributed by atoms with van der Waals surface area (Å²) in [5.41, 5.74) is 0.338. The molecule has 0 spiro atoms. The Morgan fingerprint density at radius 2 is 1.85 bits per heavy atom. The zero-order valence-electron chi connectivity index (χ0n) is 10.9. The summed E-state index contributed by atoms with van der Waals surface area (Å²) >= 11 is 0. The van der Waals surface area contributed by atoms with Crippen LogP contribution in [0.4, 0.5) is 5.69 Å². The van der Waals surface area contributed by atoms with Crippen LogP contribution in [0, 0.1) is 6.57 Å². The molecule has 7 heteroatoms. The molecule has 0 radical (unpaired) electrons. The second-order valence-corrected chi connectivity index (χ2v) is 3.61. The van der Waals surface area contributed by atoms with Crippen LogP contribution in [-0.4, -0.2) is 38.6 Å². The van der Waals surface area contributed by atoms with Crippen LogP contribution in [0.15, 0.2) is 18.2 Å². The van der Waals surface area contributed by atoms with Crippen molar-refractivity contribution in [3.8, 4) is 0 Å². The zero-order chi connectivity index (χ0) is 15.1. The van der Waals surface area contributed by atoms with Gasteiger partial charge in [0.1, 0.15) is 0 Å². The summed E-state index contributed by atoms with van der Waals surface area (Å²) in [6.07, 6.45) is 0. The SMILES string of the molecule is [C-]#[N+]CC(=O)Nc1cc(C(=O)OC)ccc1C(=O)OC. The van der Waals surface area contributed by atoms with Crippen molar-refractivity contribution in [1.82, 2.24) is 0 Å². The van der Waals surface area contributed by atoms with Crippen molar-refractivity contribution in [3.63, 3.8) is 0 Å². The van der Waals surface area contributed by atoms with Crippen LogP contribution in [0.25, 0.3) is 4.85 Å². The van der Waals surface area contributed by atoms with Crippen molar-refractivity contribution in [2.24, 2.45) is 0 Å². The van der Waals surface area contributed by atoms with E-state index in [0.29, 0.717) is 0 Å². The molecule has 104 valence electrons. The van der Waals surface area contributed by atoms with Crippen molar-refractivity contribution in [2.45, 2.75) is 0 Å². The molecule has 1 aromatic carbocycles. The fraction of sp³-hybridized carbons (Fsp3) is 0.231. The van der Waals surface area contributed by atoms with E-state index in [-0.39, 0.29) is 23.4 Å². The van der Waals surface area contributed by atoms with E-state index >= 15 is 0 Å². The Bertz CT molecular complexity index is 589. The lowest BCUT2D eigenvalue weighted by molar-refractivity contribution is -0.114. The van der Waals surface area contributed by atoms with Gasteiger partial charge in [-0.05, 0) is 18.2 Å². The van der Waals surface area contributed by atoms with Gasteiger partial charge in [0, 0.05) is 0 Å². The highest BCUT2D eigenvalue weighted by Gasteiger charge is 2.17. The highest BCUT2D eigenvalue weighted by molar-refractivity contribution is 6.04. The molecule has 1 amide bonds. The molecule has 0 aliphatic rings. The molecular formula is C13H12N2O5. The van der Waals surface area contributed by atoms with Crippen molar-refractivity contribution < 1.29 is 23.9 Å². The van der Waals surface area contributed by atoms with Gasteiger partial charge in [-0.3, -0.25) is 4.79 Å². The maximum absolute atomic E-state index is 11.6. The van der Waals surface area contributed by atoms with Gasteiger partial charge in [0.15, 0.2) is 0 Å². The number of amides is 1. The van der Waals surface area contributed by atoms with Crippen LogP contribution in [0.5, 0.6) is 0 Å². The number of anilines is 1. The van der Waals surface area contributed by atoms with Crippen LogP contribution >= 0.6 is 0 Å². The van der Waals surface area contributed by atoms with E-state index in [1.54, 1.807) is 0 Å². The van der Waals surface area contributed by atoms with E-state index in [9.17, 15) is 14.4 Å². The average molecular weight is 276 g/mol. The summed E-state index contributed by atoms with van der Waals surface area (Å²) in [6.45, 7) is 6.23. The number of methoxy groups -OCH3 is 2. The highest BCUT2D eigenvalue weighted by atomic mass is 16.5. The van der Waals surface area contributed by atoms with Gasteiger partial charge in [-0.25, -0.2) is 16.2 Å². The molecule has 0 unspecified atom stereocenters. The first-order valence-corrected chi connectivity index (χ1v) is 5.47. The first-order chi connectivity index (χ1) is 9.53. The van der Waals surface area contributed by atoms with Crippen molar-refractivity contribution in [2.75, 3.05) is 26.1 Å². The molecule has 0 aliphatic heterocycles. The lowest BCUT2D eigenvalue weighted by atomic mass is 10.1. The largest absolute Gasteiger partial charge is 0.465 e. The van der Waals surface area contributed by atoms with Crippen LogP contribution in [0.1, 0.15) is 20.7 Å². The van der Waals surface area contributed by atoms with E-state index in [0.717, 1.165) is 0 Å². The number of hydrogen-bond acceptors (Lipinski definition) is 5. The number of carbonyl (C=O) groups excluding carboxylic acids is 3. The maximum Gasteiger partial charge on any atom is 0.339 e. The van der Waals surface area contributed by atoms with E-state index in [4.69, 9.17) is 6.57 Å². The summed E-state index contributed by atoms with van der Waals surface area (Å²) in [4.78, 5) is 37.4. The van der Waals surface area contributed by atoms with Crippen molar-refractivity contribution >= 4 is 23.5 Å². The first-order valence-electron chi connectivity index (χ1n) is 5.47. The van der Waals surface area contributed by atoms with Gasteiger partial charge in [0.2, 0.25) is 0 Å². The number of carbonyl (C=O) groups is 3. The summed E-state index contributed by atoms with van der Waals surface area (Å²) in [6, 6.07) is 4.01. The summed E-state index contributed by atoms with van der Waals surface area (Å²) in [7, 11) is 2.41. The second-order valence-electron chi connectivity index (χ2n) is 3.61. The van der Waals surface area contributed by atoms with Gasteiger partial charge < -0.3 is 19.6 Å². The standard InChI is InChI=1S/C13H12N2O5/c1-14-7-11(16)15-10-6-8(12(17)19-2)4-5-9(10)13(18)20-3/h4-6H,7H2,2-3H3,(H,15,16). The third kappa shape index (κ3) is 3.55. The molecule has 0 bridgehead atoms. The molecule has 0 aliphatic carbocycles. The van der Waals surface area contributed by atoms with Crippen LogP contribution in [-0.2, 0) is 14.3 Å². The summed E-state index contributed by atoms with van der Waals surface area (Å²) in [5, 5.41) is 2.38. The first kappa shape index (κ1) is 15.2. The minimum absolute atomic E-state index is 0.0819. The second kappa shape index (κ2) is 6.89.